The largest absolute Gasteiger partial charge is 0.311 e. The van der Waals surface area contributed by atoms with E-state index in [1.165, 1.54) is 0 Å². The third kappa shape index (κ3) is 3.91. The fourth-order valence-corrected chi connectivity index (χ4v) is 6.20. The molecule has 0 radical (unpaired) electrons. The van der Waals surface area contributed by atoms with Gasteiger partial charge in [-0.15, -0.1) is 11.8 Å². The number of thioether (sulfide) groups is 1. The van der Waals surface area contributed by atoms with Crippen LogP contribution in [0.3, 0.4) is 0 Å². The zero-order valence-electron chi connectivity index (χ0n) is 13.2. The summed E-state index contributed by atoms with van der Waals surface area (Å²) in [4.78, 5) is 15.5. The molecular formula is C17H23NO3S2. The highest BCUT2D eigenvalue weighted by atomic mass is 32.2. The van der Waals surface area contributed by atoms with E-state index in [2.05, 4.69) is 0 Å². The van der Waals surface area contributed by atoms with Crippen LogP contribution in [0.1, 0.15) is 38.5 Å². The van der Waals surface area contributed by atoms with Gasteiger partial charge in [-0.05, 0) is 37.1 Å². The number of hydrogen-bond donors (Lipinski definition) is 0. The monoisotopic (exact) mass is 353 g/mol. The second-order valence-corrected chi connectivity index (χ2v) is 9.78. The normalized spacial score (nSPS) is 19.4. The Morgan fingerprint density at radius 3 is 2.70 bits per heavy atom. The molecule has 0 N–H and O–H groups in total. The number of rotatable bonds is 4. The van der Waals surface area contributed by atoms with Gasteiger partial charge in [-0.2, -0.15) is 0 Å². The molecule has 6 heteroatoms. The van der Waals surface area contributed by atoms with Crippen LogP contribution < -0.4 is 4.90 Å². The molecule has 0 atom stereocenters. The Balaban J connectivity index is 1.68. The lowest BCUT2D eigenvalue weighted by Gasteiger charge is -2.23. The predicted molar refractivity (Wildman–Crippen MR) is 94.8 cm³/mol. The third-order valence-corrected chi connectivity index (χ3v) is 8.06. The summed E-state index contributed by atoms with van der Waals surface area (Å²) in [6.07, 6.45) is 4.54. The van der Waals surface area contributed by atoms with Crippen molar-refractivity contribution in [3.63, 3.8) is 0 Å². The molecule has 126 valence electrons. The zero-order valence-corrected chi connectivity index (χ0v) is 14.9. The smallest absolute Gasteiger partial charge is 0.228 e. The lowest BCUT2D eigenvalue weighted by atomic mass is 10.2. The first-order valence-electron chi connectivity index (χ1n) is 8.32. The molecule has 3 rings (SSSR count). The Labute approximate surface area is 142 Å². The molecule has 0 aromatic heterocycles. The Bertz CT molecular complexity index is 666. The standard InChI is InChI=1S/C17H23NO3S2/c19-17(10-13-23(20,21)14-6-1-2-7-14)18-11-5-12-22-16-9-4-3-8-15(16)18/h3-4,8-9,14H,1-2,5-7,10-13H2. The number of carbonyl (C=O) groups is 1. The Morgan fingerprint density at radius 2 is 1.91 bits per heavy atom. The van der Waals surface area contributed by atoms with E-state index in [0.29, 0.717) is 6.54 Å². The van der Waals surface area contributed by atoms with Crippen LogP contribution in [-0.2, 0) is 14.6 Å². The first kappa shape index (κ1) is 16.8. The Morgan fingerprint density at radius 1 is 1.17 bits per heavy atom. The van der Waals surface area contributed by atoms with Crippen LogP contribution in [0, 0.1) is 0 Å². The minimum absolute atomic E-state index is 0.0116. The van der Waals surface area contributed by atoms with Crippen molar-refractivity contribution in [1.29, 1.82) is 0 Å². The lowest BCUT2D eigenvalue weighted by molar-refractivity contribution is -0.118. The average Bonchev–Trinajstić information content (AvgIpc) is 3.01. The number of benzene rings is 1. The number of sulfone groups is 1. The van der Waals surface area contributed by atoms with Crippen molar-refractivity contribution in [3.8, 4) is 0 Å². The van der Waals surface area contributed by atoms with Gasteiger partial charge in [0.25, 0.3) is 0 Å². The number of para-hydroxylation sites is 1. The van der Waals surface area contributed by atoms with Crippen LogP contribution in [0.15, 0.2) is 29.2 Å². The first-order valence-corrected chi connectivity index (χ1v) is 11.0. The molecule has 1 heterocycles. The van der Waals surface area contributed by atoms with Crippen molar-refractivity contribution < 1.29 is 13.2 Å². The van der Waals surface area contributed by atoms with Gasteiger partial charge in [0.15, 0.2) is 9.84 Å². The minimum Gasteiger partial charge on any atom is -0.311 e. The van der Waals surface area contributed by atoms with Crippen molar-refractivity contribution in [2.45, 2.75) is 48.7 Å². The van der Waals surface area contributed by atoms with E-state index >= 15 is 0 Å². The topological polar surface area (TPSA) is 54.5 Å². The number of nitrogens with zero attached hydrogens (tertiary/aromatic N) is 1. The van der Waals surface area contributed by atoms with Crippen LogP contribution in [0.4, 0.5) is 5.69 Å². The highest BCUT2D eigenvalue weighted by molar-refractivity contribution is 7.99. The Kier molecular flexibility index (Phi) is 5.31. The zero-order chi connectivity index (χ0) is 16.3. The second-order valence-electron chi connectivity index (χ2n) is 6.24. The quantitative estimate of drug-likeness (QED) is 0.834. The van der Waals surface area contributed by atoms with E-state index in [1.54, 1.807) is 16.7 Å². The van der Waals surface area contributed by atoms with E-state index in [0.717, 1.165) is 48.4 Å². The van der Waals surface area contributed by atoms with E-state index in [1.807, 2.05) is 24.3 Å². The van der Waals surface area contributed by atoms with Crippen molar-refractivity contribution >= 4 is 33.2 Å². The number of fused-ring (bicyclic) bond motifs is 1. The van der Waals surface area contributed by atoms with Crippen LogP contribution in [-0.4, -0.2) is 37.6 Å². The first-order chi connectivity index (χ1) is 11.1. The number of anilines is 1. The van der Waals surface area contributed by atoms with Gasteiger partial charge in [-0.25, -0.2) is 8.42 Å². The summed E-state index contributed by atoms with van der Waals surface area (Å²) < 4.78 is 24.7. The summed E-state index contributed by atoms with van der Waals surface area (Å²) in [5, 5.41) is -0.220. The molecule has 1 aromatic carbocycles. The van der Waals surface area contributed by atoms with Gasteiger partial charge in [-0.1, -0.05) is 25.0 Å². The van der Waals surface area contributed by atoms with Gasteiger partial charge < -0.3 is 4.90 Å². The maximum absolute atomic E-state index is 12.6. The van der Waals surface area contributed by atoms with Gasteiger partial charge >= 0.3 is 0 Å². The van der Waals surface area contributed by atoms with Crippen molar-refractivity contribution in [2.75, 3.05) is 23.0 Å². The summed E-state index contributed by atoms with van der Waals surface area (Å²) in [6.45, 7) is 0.673. The van der Waals surface area contributed by atoms with E-state index in [9.17, 15) is 13.2 Å². The summed E-state index contributed by atoms with van der Waals surface area (Å²) in [6, 6.07) is 7.89. The van der Waals surface area contributed by atoms with E-state index < -0.39 is 9.84 Å². The highest BCUT2D eigenvalue weighted by Crippen LogP contribution is 2.34. The summed E-state index contributed by atoms with van der Waals surface area (Å²) >= 11 is 1.76. The number of amides is 1. The van der Waals surface area contributed by atoms with Crippen LogP contribution in [0.5, 0.6) is 0 Å². The van der Waals surface area contributed by atoms with Crippen LogP contribution in [0.25, 0.3) is 0 Å². The molecule has 0 spiro atoms. The molecule has 1 aliphatic heterocycles. The summed E-state index contributed by atoms with van der Waals surface area (Å²) in [5.41, 5.74) is 0.929. The van der Waals surface area contributed by atoms with E-state index in [4.69, 9.17) is 0 Å². The van der Waals surface area contributed by atoms with Gasteiger partial charge in [0.05, 0.1) is 16.7 Å². The lowest BCUT2D eigenvalue weighted by Crippen LogP contribution is -2.34. The summed E-state index contributed by atoms with van der Waals surface area (Å²) in [5.74, 6) is 0.908. The maximum Gasteiger partial charge on any atom is 0.228 e. The molecule has 2 aliphatic rings. The van der Waals surface area contributed by atoms with Crippen molar-refractivity contribution in [3.05, 3.63) is 24.3 Å². The van der Waals surface area contributed by atoms with Crippen LogP contribution >= 0.6 is 11.8 Å². The molecule has 1 aliphatic carbocycles. The predicted octanol–water partition coefficient (Wildman–Crippen LogP) is 3.26. The molecule has 1 aromatic rings. The van der Waals surface area contributed by atoms with Crippen molar-refractivity contribution in [2.24, 2.45) is 0 Å². The SMILES string of the molecule is O=C(CCS(=O)(=O)C1CCCC1)N1CCCSc2ccccc21. The number of carbonyl (C=O) groups excluding carboxylic acids is 1. The number of hydrogen-bond acceptors (Lipinski definition) is 4. The van der Waals surface area contributed by atoms with Gasteiger partial charge in [0.2, 0.25) is 5.91 Å². The molecular weight excluding hydrogens is 330 g/mol. The molecule has 0 unspecified atom stereocenters. The Hall–Kier alpha value is -1.01. The molecule has 1 saturated carbocycles. The molecule has 0 bridgehead atoms. The fraction of sp³-hybridized carbons (Fsp3) is 0.588. The highest BCUT2D eigenvalue weighted by Gasteiger charge is 2.30. The molecule has 23 heavy (non-hydrogen) atoms. The molecule has 4 nitrogen and oxygen atoms in total. The van der Waals surface area contributed by atoms with Gasteiger partial charge in [0, 0.05) is 17.9 Å². The maximum atomic E-state index is 12.6. The van der Waals surface area contributed by atoms with Gasteiger partial charge in [-0.3, -0.25) is 4.79 Å². The minimum atomic E-state index is -3.13. The second kappa shape index (κ2) is 7.26. The molecule has 1 amide bonds. The molecule has 0 saturated heterocycles. The summed E-state index contributed by atoms with van der Waals surface area (Å²) in [7, 11) is -3.13. The third-order valence-electron chi connectivity index (χ3n) is 4.65. The fourth-order valence-electron chi connectivity index (χ4n) is 3.37. The van der Waals surface area contributed by atoms with Crippen molar-refractivity contribution in [1.82, 2.24) is 0 Å². The van der Waals surface area contributed by atoms with E-state index in [-0.39, 0.29) is 23.3 Å². The average molecular weight is 354 g/mol. The van der Waals surface area contributed by atoms with Crippen LogP contribution in [0.2, 0.25) is 0 Å². The van der Waals surface area contributed by atoms with Gasteiger partial charge in [0.1, 0.15) is 0 Å². The molecule has 1 fully saturated rings.